The lowest BCUT2D eigenvalue weighted by Gasteiger charge is -2.05. The lowest BCUT2D eigenvalue weighted by atomic mass is 10.2. The Labute approximate surface area is 105 Å². The number of carbonyl (C=O) groups excluding carboxylic acids is 3. The molecule has 4 heteroatoms. The van der Waals surface area contributed by atoms with Crippen LogP contribution in [0.4, 0.5) is 0 Å². The highest BCUT2D eigenvalue weighted by molar-refractivity contribution is 6.00. The van der Waals surface area contributed by atoms with Crippen molar-refractivity contribution in [1.29, 1.82) is 0 Å². The van der Waals surface area contributed by atoms with Crippen LogP contribution in [-0.4, -0.2) is 17.5 Å². The monoisotopic (exact) mass is 246 g/mol. The molecule has 0 saturated carbocycles. The second-order valence-corrected chi connectivity index (χ2v) is 3.83. The lowest BCUT2D eigenvalue weighted by Crippen LogP contribution is -2.12. The average Bonchev–Trinajstić information content (AvgIpc) is 2.28. The van der Waals surface area contributed by atoms with Gasteiger partial charge in [0, 0.05) is 6.92 Å². The molecule has 1 aromatic rings. The summed E-state index contributed by atoms with van der Waals surface area (Å²) in [5.74, 6) is -1.45. The molecule has 0 amide bonds. The normalized spacial score (nSPS) is 10.9. The van der Waals surface area contributed by atoms with Crippen molar-refractivity contribution < 1.29 is 19.1 Å². The number of hydrogen-bond donors (Lipinski definition) is 0. The van der Waals surface area contributed by atoms with Crippen LogP contribution < -0.4 is 0 Å². The molecule has 0 unspecified atom stereocenters. The first kappa shape index (κ1) is 13.8. The van der Waals surface area contributed by atoms with E-state index in [1.54, 1.807) is 24.3 Å². The maximum absolute atomic E-state index is 11.3. The molecule has 4 nitrogen and oxygen atoms in total. The Bertz CT molecular complexity index is 486. The minimum Gasteiger partial charge on any atom is -0.422 e. The van der Waals surface area contributed by atoms with E-state index >= 15 is 0 Å². The van der Waals surface area contributed by atoms with E-state index in [4.69, 9.17) is 4.74 Å². The Balaban J connectivity index is 2.84. The Morgan fingerprint density at radius 1 is 1.11 bits per heavy atom. The minimum atomic E-state index is -0.722. The first-order valence-electron chi connectivity index (χ1n) is 5.47. The quantitative estimate of drug-likeness (QED) is 0.345. The van der Waals surface area contributed by atoms with Gasteiger partial charge in [-0.15, -0.1) is 0 Å². The van der Waals surface area contributed by atoms with E-state index in [-0.39, 0.29) is 23.7 Å². The lowest BCUT2D eigenvalue weighted by molar-refractivity contribution is -0.144. The van der Waals surface area contributed by atoms with E-state index in [0.29, 0.717) is 0 Å². The number of esters is 1. The maximum Gasteiger partial charge on any atom is 0.318 e. The average molecular weight is 246 g/mol. The molecule has 0 aromatic heterocycles. The molecule has 18 heavy (non-hydrogen) atoms. The highest BCUT2D eigenvalue weighted by atomic mass is 16.5. The Morgan fingerprint density at radius 2 is 1.72 bits per heavy atom. The molecular weight excluding hydrogens is 232 g/mol. The number of carbonyl (C=O) groups is 3. The van der Waals surface area contributed by atoms with Gasteiger partial charge in [0.05, 0.1) is 0 Å². The first-order chi connectivity index (χ1) is 8.49. The fourth-order valence-electron chi connectivity index (χ4n) is 1.27. The van der Waals surface area contributed by atoms with Gasteiger partial charge < -0.3 is 4.74 Å². The van der Waals surface area contributed by atoms with Gasteiger partial charge in [-0.05, 0) is 18.6 Å². The summed E-state index contributed by atoms with van der Waals surface area (Å²) in [5.41, 5.74) is 0.748. The zero-order chi connectivity index (χ0) is 13.5. The predicted molar refractivity (Wildman–Crippen MR) is 66.5 cm³/mol. The van der Waals surface area contributed by atoms with E-state index in [1.165, 1.54) is 19.9 Å². The summed E-state index contributed by atoms with van der Waals surface area (Å²) in [6.45, 7) is 2.59. The number of ketones is 2. The van der Waals surface area contributed by atoms with E-state index in [2.05, 4.69) is 0 Å². The van der Waals surface area contributed by atoms with Crippen molar-refractivity contribution in [3.8, 4) is 0 Å². The highest BCUT2D eigenvalue weighted by Crippen LogP contribution is 2.10. The molecule has 0 bridgehead atoms. The van der Waals surface area contributed by atoms with Crippen molar-refractivity contribution in [2.75, 3.05) is 0 Å². The minimum absolute atomic E-state index is 0.0625. The van der Waals surface area contributed by atoms with Crippen LogP contribution in [0.5, 0.6) is 0 Å². The van der Waals surface area contributed by atoms with Gasteiger partial charge >= 0.3 is 5.97 Å². The SMILES string of the molecule is CC(=O)CC(=O)OC(=Cc1ccccc1)C(C)=O. The van der Waals surface area contributed by atoms with Crippen molar-refractivity contribution in [2.24, 2.45) is 0 Å². The Hall–Kier alpha value is -2.23. The topological polar surface area (TPSA) is 60.4 Å². The molecule has 0 aliphatic carbocycles. The second kappa shape index (κ2) is 6.49. The molecular formula is C14H14O4. The summed E-state index contributed by atoms with van der Waals surface area (Å²) in [6, 6.07) is 9.01. The van der Waals surface area contributed by atoms with Gasteiger partial charge in [0.15, 0.2) is 11.5 Å². The van der Waals surface area contributed by atoms with Crippen LogP contribution in [0.1, 0.15) is 25.8 Å². The van der Waals surface area contributed by atoms with E-state index < -0.39 is 5.97 Å². The van der Waals surface area contributed by atoms with E-state index in [9.17, 15) is 14.4 Å². The third-order valence-electron chi connectivity index (χ3n) is 2.06. The summed E-state index contributed by atoms with van der Waals surface area (Å²) in [6.07, 6.45) is 1.14. The van der Waals surface area contributed by atoms with Gasteiger partial charge in [-0.2, -0.15) is 0 Å². The van der Waals surface area contributed by atoms with Crippen molar-refractivity contribution in [3.63, 3.8) is 0 Å². The molecule has 0 N–H and O–H groups in total. The van der Waals surface area contributed by atoms with E-state index in [0.717, 1.165) is 5.56 Å². The molecule has 0 radical (unpaired) electrons. The van der Waals surface area contributed by atoms with Crippen LogP contribution in [0.25, 0.3) is 6.08 Å². The standard InChI is InChI=1S/C14H14O4/c1-10(15)8-14(17)18-13(11(2)16)9-12-6-4-3-5-7-12/h3-7,9H,8H2,1-2H3. The smallest absolute Gasteiger partial charge is 0.318 e. The van der Waals surface area contributed by atoms with Crippen LogP contribution in [0.15, 0.2) is 36.1 Å². The van der Waals surface area contributed by atoms with E-state index in [1.807, 2.05) is 6.07 Å². The van der Waals surface area contributed by atoms with Crippen molar-refractivity contribution in [2.45, 2.75) is 20.3 Å². The molecule has 0 atom stereocenters. The van der Waals surface area contributed by atoms with Gasteiger partial charge in [0.25, 0.3) is 0 Å². The van der Waals surface area contributed by atoms with Crippen molar-refractivity contribution >= 4 is 23.6 Å². The molecule has 0 saturated heterocycles. The van der Waals surface area contributed by atoms with Crippen LogP contribution in [0.2, 0.25) is 0 Å². The zero-order valence-corrected chi connectivity index (χ0v) is 10.3. The second-order valence-electron chi connectivity index (χ2n) is 3.83. The molecule has 0 aliphatic rings. The third-order valence-corrected chi connectivity index (χ3v) is 2.06. The Morgan fingerprint density at radius 3 is 2.22 bits per heavy atom. The summed E-state index contributed by atoms with van der Waals surface area (Å²) >= 11 is 0. The summed E-state index contributed by atoms with van der Waals surface area (Å²) in [7, 11) is 0. The fourth-order valence-corrected chi connectivity index (χ4v) is 1.27. The molecule has 0 aliphatic heterocycles. The Kier molecular flexibility index (Phi) is 4.99. The molecule has 1 aromatic carbocycles. The predicted octanol–water partition coefficient (Wildman–Crippen LogP) is 2.14. The van der Waals surface area contributed by atoms with Crippen molar-refractivity contribution in [1.82, 2.24) is 0 Å². The molecule has 1 rings (SSSR count). The molecule has 0 heterocycles. The summed E-state index contributed by atoms with van der Waals surface area (Å²) in [5, 5.41) is 0. The van der Waals surface area contributed by atoms with Gasteiger partial charge in [0.1, 0.15) is 12.2 Å². The largest absolute Gasteiger partial charge is 0.422 e. The zero-order valence-electron chi connectivity index (χ0n) is 10.3. The number of ether oxygens (including phenoxy) is 1. The number of hydrogen-bond acceptors (Lipinski definition) is 4. The number of allylic oxidation sites excluding steroid dienone is 1. The maximum atomic E-state index is 11.3. The molecule has 0 spiro atoms. The third kappa shape index (κ3) is 4.74. The van der Waals surface area contributed by atoms with Gasteiger partial charge in [0.2, 0.25) is 0 Å². The van der Waals surface area contributed by atoms with Crippen molar-refractivity contribution in [3.05, 3.63) is 41.7 Å². The van der Waals surface area contributed by atoms with Crippen LogP contribution >= 0.6 is 0 Å². The van der Waals surface area contributed by atoms with Gasteiger partial charge in [-0.3, -0.25) is 14.4 Å². The van der Waals surface area contributed by atoms with Crippen LogP contribution in [0.3, 0.4) is 0 Å². The fraction of sp³-hybridized carbons (Fsp3) is 0.214. The molecule has 0 fully saturated rings. The van der Waals surface area contributed by atoms with Crippen LogP contribution in [0, 0.1) is 0 Å². The van der Waals surface area contributed by atoms with Gasteiger partial charge in [-0.1, -0.05) is 30.3 Å². The number of rotatable bonds is 5. The number of benzene rings is 1. The van der Waals surface area contributed by atoms with Crippen LogP contribution in [-0.2, 0) is 19.1 Å². The number of Topliss-reactive ketones (excluding diaryl/α,β-unsaturated/α-hetero) is 2. The summed E-state index contributed by atoms with van der Waals surface area (Å²) < 4.78 is 4.88. The highest BCUT2D eigenvalue weighted by Gasteiger charge is 2.13. The first-order valence-corrected chi connectivity index (χ1v) is 5.47. The summed E-state index contributed by atoms with van der Waals surface area (Å²) in [4.78, 5) is 33.4. The van der Waals surface area contributed by atoms with Gasteiger partial charge in [-0.25, -0.2) is 0 Å². The molecule has 94 valence electrons.